The fourth-order valence-corrected chi connectivity index (χ4v) is 2.87. The second kappa shape index (κ2) is 9.19. The van der Waals surface area contributed by atoms with Crippen LogP contribution in [-0.4, -0.2) is 59.8 Å². The van der Waals surface area contributed by atoms with Gasteiger partial charge in [0.15, 0.2) is 0 Å². The van der Waals surface area contributed by atoms with E-state index in [0.717, 1.165) is 5.56 Å². The Labute approximate surface area is 152 Å². The highest BCUT2D eigenvalue weighted by atomic mass is 16.5. The first-order valence-corrected chi connectivity index (χ1v) is 8.47. The zero-order chi connectivity index (χ0) is 19.1. The van der Waals surface area contributed by atoms with Crippen LogP contribution in [-0.2, 0) is 25.7 Å². The maximum atomic E-state index is 12.7. The van der Waals surface area contributed by atoms with E-state index in [2.05, 4.69) is 5.32 Å². The van der Waals surface area contributed by atoms with Crippen LogP contribution in [0.3, 0.4) is 0 Å². The number of aliphatic hydroxyl groups is 1. The monoisotopic (exact) mass is 364 g/mol. The minimum absolute atomic E-state index is 0.0435. The number of nitrogens with zero attached hydrogens (tertiary/aromatic N) is 1. The molecule has 0 bridgehead atoms. The smallest absolute Gasteiger partial charge is 0.408 e. The molecule has 0 radical (unpaired) electrons. The first-order chi connectivity index (χ1) is 12.4. The van der Waals surface area contributed by atoms with E-state index in [4.69, 9.17) is 9.47 Å². The number of methoxy groups -OCH3 is 1. The van der Waals surface area contributed by atoms with Gasteiger partial charge in [0.05, 0.1) is 13.2 Å². The van der Waals surface area contributed by atoms with Crippen LogP contribution in [0.5, 0.6) is 0 Å². The third kappa shape index (κ3) is 4.95. The largest absolute Gasteiger partial charge is 0.467 e. The molecule has 8 nitrogen and oxygen atoms in total. The summed E-state index contributed by atoms with van der Waals surface area (Å²) in [5.41, 5.74) is 0.799. The summed E-state index contributed by atoms with van der Waals surface area (Å²) in [5.74, 6) is -1.04. The molecule has 0 aliphatic carbocycles. The number of alkyl carbamates (subject to hydrolysis) is 1. The number of hydrogen-bond acceptors (Lipinski definition) is 6. The molecule has 0 saturated carbocycles. The average Bonchev–Trinajstić information content (AvgIpc) is 3.13. The highest BCUT2D eigenvalue weighted by Gasteiger charge is 2.39. The van der Waals surface area contributed by atoms with Crippen molar-refractivity contribution >= 4 is 18.0 Å². The average molecular weight is 364 g/mol. The minimum Gasteiger partial charge on any atom is -0.467 e. The van der Waals surface area contributed by atoms with Crippen molar-refractivity contribution in [2.45, 2.75) is 44.6 Å². The number of likely N-dealkylation sites (tertiary alicyclic amines) is 1. The first kappa shape index (κ1) is 19.7. The molecule has 2 rings (SSSR count). The quantitative estimate of drug-likeness (QED) is 0.725. The number of rotatable bonds is 6. The minimum atomic E-state index is -1.21. The van der Waals surface area contributed by atoms with Crippen LogP contribution < -0.4 is 5.32 Å². The van der Waals surface area contributed by atoms with Crippen LogP contribution in [0.2, 0.25) is 0 Å². The van der Waals surface area contributed by atoms with Gasteiger partial charge in [0.1, 0.15) is 18.7 Å². The van der Waals surface area contributed by atoms with Gasteiger partial charge in [0.2, 0.25) is 5.91 Å². The number of hydrogen-bond donors (Lipinski definition) is 2. The predicted molar refractivity (Wildman–Crippen MR) is 92.0 cm³/mol. The second-order valence-corrected chi connectivity index (χ2v) is 6.14. The van der Waals surface area contributed by atoms with Crippen molar-refractivity contribution in [3.05, 3.63) is 35.9 Å². The standard InChI is InChI=1S/C18H24N2O6/c1-12(21)15(16(22)20-10-6-9-14(20)17(23)25-2)19-18(24)26-11-13-7-4-3-5-8-13/h3-5,7-8,12,14-15,21H,6,9-11H2,1-2H3,(H,19,24)/t12-,14?,15?/m1/s1. The summed E-state index contributed by atoms with van der Waals surface area (Å²) >= 11 is 0. The number of esters is 1. The van der Waals surface area contributed by atoms with Gasteiger partial charge in [-0.2, -0.15) is 0 Å². The topological polar surface area (TPSA) is 105 Å². The Hall–Kier alpha value is -2.61. The lowest BCUT2D eigenvalue weighted by molar-refractivity contribution is -0.152. The van der Waals surface area contributed by atoms with Gasteiger partial charge in [-0.05, 0) is 25.3 Å². The maximum absolute atomic E-state index is 12.7. The van der Waals surface area contributed by atoms with E-state index in [1.165, 1.54) is 18.9 Å². The molecule has 2 N–H and O–H groups in total. The molecule has 2 unspecified atom stereocenters. The molecule has 0 spiro atoms. The molecule has 26 heavy (non-hydrogen) atoms. The summed E-state index contributed by atoms with van der Waals surface area (Å²) in [6.07, 6.45) is -0.826. The van der Waals surface area contributed by atoms with Crippen LogP contribution in [0.25, 0.3) is 0 Å². The number of carbonyl (C=O) groups excluding carboxylic acids is 3. The number of aliphatic hydroxyl groups excluding tert-OH is 1. The van der Waals surface area contributed by atoms with Crippen molar-refractivity contribution < 1.29 is 29.0 Å². The summed E-state index contributed by atoms with van der Waals surface area (Å²) in [4.78, 5) is 37.9. The van der Waals surface area contributed by atoms with Crippen LogP contribution in [0.1, 0.15) is 25.3 Å². The van der Waals surface area contributed by atoms with Crippen LogP contribution >= 0.6 is 0 Å². The summed E-state index contributed by atoms with van der Waals surface area (Å²) in [6, 6.07) is 7.18. The molecule has 3 atom stereocenters. The van der Waals surface area contributed by atoms with Gasteiger partial charge >= 0.3 is 12.1 Å². The summed E-state index contributed by atoms with van der Waals surface area (Å²) in [6.45, 7) is 1.80. The first-order valence-electron chi connectivity index (χ1n) is 8.47. The Morgan fingerprint density at radius 1 is 1.31 bits per heavy atom. The third-order valence-corrected chi connectivity index (χ3v) is 4.24. The van der Waals surface area contributed by atoms with Gasteiger partial charge in [-0.3, -0.25) is 4.79 Å². The lowest BCUT2D eigenvalue weighted by Crippen LogP contribution is -2.56. The fourth-order valence-electron chi connectivity index (χ4n) is 2.87. The Kier molecular flexibility index (Phi) is 6.97. The number of nitrogens with one attached hydrogen (secondary N) is 1. The van der Waals surface area contributed by atoms with E-state index in [0.29, 0.717) is 19.4 Å². The van der Waals surface area contributed by atoms with E-state index in [9.17, 15) is 19.5 Å². The zero-order valence-electron chi connectivity index (χ0n) is 14.9. The molecule has 1 fully saturated rings. The van der Waals surface area contributed by atoms with Gasteiger partial charge < -0.3 is 24.8 Å². The molecule has 1 aromatic carbocycles. The molecule has 1 aliphatic rings. The molecule has 8 heteroatoms. The van der Waals surface area contributed by atoms with Gasteiger partial charge in [-0.25, -0.2) is 9.59 Å². The van der Waals surface area contributed by atoms with Crippen LogP contribution in [0, 0.1) is 0 Å². The van der Waals surface area contributed by atoms with Gasteiger partial charge in [0, 0.05) is 6.54 Å². The van der Waals surface area contributed by atoms with Crippen molar-refractivity contribution in [3.8, 4) is 0 Å². The van der Waals surface area contributed by atoms with E-state index in [1.807, 2.05) is 18.2 Å². The number of ether oxygens (including phenoxy) is 2. The van der Waals surface area contributed by atoms with Crippen molar-refractivity contribution in [1.29, 1.82) is 0 Å². The molecule has 1 heterocycles. The molecule has 1 aliphatic heterocycles. The van der Waals surface area contributed by atoms with Crippen molar-refractivity contribution in [3.63, 3.8) is 0 Å². The molecule has 0 aromatic heterocycles. The number of amides is 2. The Morgan fingerprint density at radius 3 is 2.62 bits per heavy atom. The van der Waals surface area contributed by atoms with E-state index in [1.54, 1.807) is 12.1 Å². The normalized spacial score (nSPS) is 18.7. The fraction of sp³-hybridized carbons (Fsp3) is 0.500. The lowest BCUT2D eigenvalue weighted by atomic mass is 10.1. The predicted octanol–water partition coefficient (Wildman–Crippen LogP) is 0.826. The van der Waals surface area contributed by atoms with Crippen LogP contribution in [0.15, 0.2) is 30.3 Å². The van der Waals surface area contributed by atoms with Gasteiger partial charge in [-0.15, -0.1) is 0 Å². The number of carbonyl (C=O) groups is 3. The highest BCUT2D eigenvalue weighted by molar-refractivity contribution is 5.90. The third-order valence-electron chi connectivity index (χ3n) is 4.24. The zero-order valence-corrected chi connectivity index (χ0v) is 14.9. The summed E-state index contributed by atoms with van der Waals surface area (Å²) in [5, 5.41) is 12.3. The van der Waals surface area contributed by atoms with Crippen molar-refractivity contribution in [2.24, 2.45) is 0 Å². The number of benzene rings is 1. The Morgan fingerprint density at radius 2 is 2.00 bits per heavy atom. The Balaban J connectivity index is 1.97. The molecule has 1 aromatic rings. The van der Waals surface area contributed by atoms with Gasteiger partial charge in [0.25, 0.3) is 0 Å². The highest BCUT2D eigenvalue weighted by Crippen LogP contribution is 2.20. The second-order valence-electron chi connectivity index (χ2n) is 6.14. The van der Waals surface area contributed by atoms with Crippen molar-refractivity contribution in [2.75, 3.05) is 13.7 Å². The van der Waals surface area contributed by atoms with E-state index < -0.39 is 36.2 Å². The molecular formula is C18H24N2O6. The SMILES string of the molecule is COC(=O)C1CCCN1C(=O)C(NC(=O)OCc1ccccc1)[C@@H](C)O. The molecule has 1 saturated heterocycles. The van der Waals surface area contributed by atoms with Crippen molar-refractivity contribution in [1.82, 2.24) is 10.2 Å². The Bertz CT molecular complexity index is 634. The van der Waals surface area contributed by atoms with E-state index >= 15 is 0 Å². The van der Waals surface area contributed by atoms with Crippen LogP contribution in [0.4, 0.5) is 4.79 Å². The maximum Gasteiger partial charge on any atom is 0.408 e. The molecule has 142 valence electrons. The molecular weight excluding hydrogens is 340 g/mol. The van der Waals surface area contributed by atoms with Gasteiger partial charge in [-0.1, -0.05) is 30.3 Å². The summed E-state index contributed by atoms with van der Waals surface area (Å²) in [7, 11) is 1.26. The summed E-state index contributed by atoms with van der Waals surface area (Å²) < 4.78 is 9.81. The lowest BCUT2D eigenvalue weighted by Gasteiger charge is -2.29. The van der Waals surface area contributed by atoms with E-state index in [-0.39, 0.29) is 6.61 Å². The molecule has 2 amide bonds.